The van der Waals surface area contributed by atoms with Crippen molar-refractivity contribution < 1.29 is 13.2 Å². The van der Waals surface area contributed by atoms with Gasteiger partial charge in [-0.1, -0.05) is 13.3 Å². The molecule has 0 atom stereocenters. The molecule has 0 saturated heterocycles. The van der Waals surface area contributed by atoms with Crippen molar-refractivity contribution in [1.82, 2.24) is 10.6 Å². The first-order chi connectivity index (χ1) is 8.94. The average Bonchev–Trinajstić information content (AvgIpc) is 2.37. The van der Waals surface area contributed by atoms with E-state index in [1.54, 1.807) is 7.05 Å². The molecule has 6 heteroatoms. The second-order valence-electron chi connectivity index (χ2n) is 5.13. The largest absolute Gasteiger partial charge is 0.390 e. The number of guanidine groups is 1. The summed E-state index contributed by atoms with van der Waals surface area (Å²) in [5.74, 6) is 1.28. The lowest BCUT2D eigenvalue weighted by Crippen LogP contribution is -2.45. The maximum atomic E-state index is 12.1. The van der Waals surface area contributed by atoms with Gasteiger partial charge < -0.3 is 10.6 Å². The van der Waals surface area contributed by atoms with Gasteiger partial charge in [0.1, 0.15) is 0 Å². The summed E-state index contributed by atoms with van der Waals surface area (Å²) in [5.41, 5.74) is 0. The Bertz CT molecular complexity index is 281. The van der Waals surface area contributed by atoms with Crippen LogP contribution in [0.1, 0.15) is 45.4 Å². The molecule has 1 saturated carbocycles. The Kier molecular flexibility index (Phi) is 6.45. The van der Waals surface area contributed by atoms with Gasteiger partial charge in [-0.2, -0.15) is 13.2 Å². The van der Waals surface area contributed by atoms with Gasteiger partial charge in [-0.25, -0.2) is 0 Å². The van der Waals surface area contributed by atoms with E-state index in [4.69, 9.17) is 0 Å². The van der Waals surface area contributed by atoms with Crippen LogP contribution in [-0.2, 0) is 0 Å². The van der Waals surface area contributed by atoms with Crippen LogP contribution in [0.4, 0.5) is 13.2 Å². The molecule has 112 valence electrons. The Balaban J connectivity index is 2.26. The van der Waals surface area contributed by atoms with Gasteiger partial charge in [0.15, 0.2) is 5.96 Å². The van der Waals surface area contributed by atoms with E-state index in [0.717, 1.165) is 18.8 Å². The molecule has 1 aliphatic carbocycles. The van der Waals surface area contributed by atoms with Crippen molar-refractivity contribution in [1.29, 1.82) is 0 Å². The molecule has 0 radical (unpaired) electrons. The van der Waals surface area contributed by atoms with Crippen LogP contribution in [-0.4, -0.2) is 31.8 Å². The third-order valence-electron chi connectivity index (χ3n) is 3.69. The van der Waals surface area contributed by atoms with Crippen LogP contribution >= 0.6 is 0 Å². The third-order valence-corrected chi connectivity index (χ3v) is 3.69. The zero-order valence-electron chi connectivity index (χ0n) is 11.7. The first kappa shape index (κ1) is 16.1. The Hall–Kier alpha value is -0.940. The zero-order chi connectivity index (χ0) is 14.3. The van der Waals surface area contributed by atoms with Crippen LogP contribution in [0.3, 0.4) is 0 Å². The minimum atomic E-state index is -4.12. The predicted molar refractivity (Wildman–Crippen MR) is 71.2 cm³/mol. The zero-order valence-corrected chi connectivity index (χ0v) is 11.7. The highest BCUT2D eigenvalue weighted by Gasteiger charge is 2.26. The summed E-state index contributed by atoms with van der Waals surface area (Å²) in [7, 11) is 1.58. The number of hydrogen-bond donors (Lipinski definition) is 2. The topological polar surface area (TPSA) is 36.4 Å². The molecule has 1 fully saturated rings. The Morgan fingerprint density at radius 1 is 1.21 bits per heavy atom. The van der Waals surface area contributed by atoms with Crippen molar-refractivity contribution in [3.05, 3.63) is 0 Å². The highest BCUT2D eigenvalue weighted by Crippen LogP contribution is 2.26. The number of nitrogens with one attached hydrogen (secondary N) is 2. The fraction of sp³-hybridized carbons (Fsp3) is 0.923. The number of nitrogens with zero attached hydrogens (tertiary/aromatic N) is 1. The third kappa shape index (κ3) is 6.68. The first-order valence-electron chi connectivity index (χ1n) is 6.98. The summed E-state index contributed by atoms with van der Waals surface area (Å²) >= 11 is 0. The highest BCUT2D eigenvalue weighted by atomic mass is 19.4. The molecular formula is C13H24F3N3. The number of hydrogen-bond acceptors (Lipinski definition) is 1. The number of halogens is 3. The summed E-state index contributed by atoms with van der Waals surface area (Å²) in [6.07, 6.45) is 0.769. The molecule has 2 N–H and O–H groups in total. The van der Waals surface area contributed by atoms with Crippen molar-refractivity contribution in [3.63, 3.8) is 0 Å². The molecule has 0 unspecified atom stereocenters. The lowest BCUT2D eigenvalue weighted by Gasteiger charge is -2.29. The van der Waals surface area contributed by atoms with E-state index in [1.165, 1.54) is 19.3 Å². The van der Waals surface area contributed by atoms with E-state index in [9.17, 15) is 13.2 Å². The molecule has 0 aromatic rings. The molecule has 0 aliphatic heterocycles. The van der Waals surface area contributed by atoms with Crippen LogP contribution in [0.2, 0.25) is 0 Å². The van der Waals surface area contributed by atoms with Gasteiger partial charge in [0.05, 0.1) is 6.42 Å². The van der Waals surface area contributed by atoms with E-state index in [-0.39, 0.29) is 6.54 Å². The summed E-state index contributed by atoms with van der Waals surface area (Å²) in [6.45, 7) is 2.07. The lowest BCUT2D eigenvalue weighted by atomic mass is 9.84. The summed E-state index contributed by atoms with van der Waals surface area (Å²) in [6, 6.07) is 0.333. The van der Waals surface area contributed by atoms with E-state index in [0.29, 0.717) is 12.0 Å². The van der Waals surface area contributed by atoms with Gasteiger partial charge in [0.2, 0.25) is 0 Å². The van der Waals surface area contributed by atoms with Crippen LogP contribution in [0, 0.1) is 5.92 Å². The van der Waals surface area contributed by atoms with E-state index in [2.05, 4.69) is 22.5 Å². The molecule has 0 aromatic heterocycles. The molecule has 0 bridgehead atoms. The van der Waals surface area contributed by atoms with Crippen molar-refractivity contribution in [2.24, 2.45) is 10.9 Å². The fourth-order valence-electron chi connectivity index (χ4n) is 2.43. The lowest BCUT2D eigenvalue weighted by molar-refractivity contribution is -0.132. The number of alkyl halides is 3. The van der Waals surface area contributed by atoms with Gasteiger partial charge in [0, 0.05) is 19.6 Å². The molecule has 1 rings (SSSR count). The molecule has 0 aromatic carbocycles. The predicted octanol–water partition coefficient (Wildman–Crippen LogP) is 3.07. The molecule has 0 amide bonds. The van der Waals surface area contributed by atoms with Crippen molar-refractivity contribution >= 4 is 5.96 Å². The van der Waals surface area contributed by atoms with Crippen molar-refractivity contribution in [3.8, 4) is 0 Å². The fourth-order valence-corrected chi connectivity index (χ4v) is 2.43. The smallest absolute Gasteiger partial charge is 0.356 e. The minimum absolute atomic E-state index is 0.131. The van der Waals surface area contributed by atoms with Gasteiger partial charge in [0.25, 0.3) is 0 Å². The second kappa shape index (κ2) is 7.60. The molecule has 0 spiro atoms. The highest BCUT2D eigenvalue weighted by molar-refractivity contribution is 5.79. The minimum Gasteiger partial charge on any atom is -0.356 e. The van der Waals surface area contributed by atoms with Crippen LogP contribution < -0.4 is 10.6 Å². The quantitative estimate of drug-likeness (QED) is 0.613. The van der Waals surface area contributed by atoms with Crippen molar-refractivity contribution in [2.45, 2.75) is 57.7 Å². The SMILES string of the molecule is CCC1CCC(NC(=NC)NCCC(F)(F)F)CC1. The Labute approximate surface area is 113 Å². The second-order valence-corrected chi connectivity index (χ2v) is 5.13. The first-order valence-corrected chi connectivity index (χ1v) is 6.98. The van der Waals surface area contributed by atoms with Crippen molar-refractivity contribution in [2.75, 3.05) is 13.6 Å². The van der Waals surface area contributed by atoms with Gasteiger partial charge in [-0.3, -0.25) is 4.99 Å². The normalized spacial score (nSPS) is 25.2. The van der Waals surface area contributed by atoms with Gasteiger partial charge in [-0.05, 0) is 31.6 Å². The van der Waals surface area contributed by atoms with E-state index < -0.39 is 12.6 Å². The molecule has 3 nitrogen and oxygen atoms in total. The van der Waals surface area contributed by atoms with Crippen LogP contribution in [0.15, 0.2) is 4.99 Å². The van der Waals surface area contributed by atoms with Crippen LogP contribution in [0.25, 0.3) is 0 Å². The monoisotopic (exact) mass is 279 g/mol. The average molecular weight is 279 g/mol. The van der Waals surface area contributed by atoms with E-state index >= 15 is 0 Å². The van der Waals surface area contributed by atoms with Gasteiger partial charge in [-0.15, -0.1) is 0 Å². The molecule has 0 heterocycles. The summed E-state index contributed by atoms with van der Waals surface area (Å²) in [5, 5.41) is 5.93. The standard InChI is InChI=1S/C13H24F3N3/c1-3-10-4-6-11(7-5-10)19-12(17-2)18-9-8-13(14,15)16/h10-11H,3-9H2,1-2H3,(H2,17,18,19). The van der Waals surface area contributed by atoms with E-state index in [1.807, 2.05) is 0 Å². The molecule has 1 aliphatic rings. The number of aliphatic imine (C=N–C) groups is 1. The Morgan fingerprint density at radius 3 is 2.32 bits per heavy atom. The van der Waals surface area contributed by atoms with Crippen LogP contribution in [0.5, 0.6) is 0 Å². The summed E-state index contributed by atoms with van der Waals surface area (Å²) in [4.78, 5) is 3.97. The molecular weight excluding hydrogens is 255 g/mol. The maximum Gasteiger partial charge on any atom is 0.390 e. The number of rotatable bonds is 4. The Morgan fingerprint density at radius 2 is 1.84 bits per heavy atom. The van der Waals surface area contributed by atoms with Gasteiger partial charge >= 0.3 is 6.18 Å². The summed E-state index contributed by atoms with van der Waals surface area (Å²) < 4.78 is 36.2. The maximum absolute atomic E-state index is 12.1. The molecule has 19 heavy (non-hydrogen) atoms.